The maximum atomic E-state index is 12.2. The minimum Gasteiger partial charge on any atom is -0.334 e. The van der Waals surface area contributed by atoms with Gasteiger partial charge in [-0.2, -0.15) is 5.26 Å². The highest BCUT2D eigenvalue weighted by Crippen LogP contribution is 2.29. The number of carbonyl (C=O) groups is 1. The zero-order chi connectivity index (χ0) is 15.5. The zero-order valence-electron chi connectivity index (χ0n) is 11.7. The Balaban J connectivity index is 2.16. The van der Waals surface area contributed by atoms with Crippen LogP contribution in [0.5, 0.6) is 0 Å². The normalized spacial score (nSPS) is 17.1. The van der Waals surface area contributed by atoms with Gasteiger partial charge in [0, 0.05) is 5.56 Å². The van der Waals surface area contributed by atoms with Gasteiger partial charge in [-0.25, -0.2) is 13.1 Å². The molecule has 112 valence electrons. The molecule has 7 heteroatoms. The summed E-state index contributed by atoms with van der Waals surface area (Å²) in [5.41, 5.74) is -0.445. The molecule has 1 amide bonds. The van der Waals surface area contributed by atoms with E-state index in [0.717, 1.165) is 12.8 Å². The van der Waals surface area contributed by atoms with Crippen LogP contribution in [0.15, 0.2) is 29.2 Å². The second-order valence-electron chi connectivity index (χ2n) is 5.09. The third-order valence-electron chi connectivity index (χ3n) is 3.72. The molecule has 0 heterocycles. The molecule has 1 aromatic carbocycles. The van der Waals surface area contributed by atoms with Crippen molar-refractivity contribution < 1.29 is 13.2 Å². The van der Waals surface area contributed by atoms with Crippen molar-refractivity contribution in [2.45, 2.75) is 36.1 Å². The minimum atomic E-state index is -3.51. The zero-order valence-corrected chi connectivity index (χ0v) is 12.5. The fourth-order valence-corrected chi connectivity index (χ4v) is 3.17. The highest BCUT2D eigenvalue weighted by Gasteiger charge is 2.35. The molecule has 1 fully saturated rings. The quantitative estimate of drug-likeness (QED) is 0.872. The van der Waals surface area contributed by atoms with E-state index in [1.54, 1.807) is 0 Å². The molecule has 21 heavy (non-hydrogen) atoms. The Labute approximate surface area is 124 Å². The lowest BCUT2D eigenvalue weighted by Gasteiger charge is -2.22. The van der Waals surface area contributed by atoms with Gasteiger partial charge in [-0.15, -0.1) is 0 Å². The second kappa shape index (κ2) is 5.84. The molecule has 2 N–H and O–H groups in total. The molecule has 0 atom stereocenters. The standard InChI is InChI=1S/C14H17N3O3S/c1-16-21(19,20)12-6-4-11(5-7-12)13(18)17-14(10-15)8-2-3-9-14/h4-7,16H,2-3,8-9H2,1H3,(H,17,18). The van der Waals surface area contributed by atoms with Crippen molar-refractivity contribution in [2.75, 3.05) is 7.05 Å². The van der Waals surface area contributed by atoms with E-state index in [1.807, 2.05) is 0 Å². The first kappa shape index (κ1) is 15.5. The molecule has 0 aliphatic heterocycles. The molecule has 0 unspecified atom stereocenters. The Hall–Kier alpha value is -1.91. The average molecular weight is 307 g/mol. The summed E-state index contributed by atoms with van der Waals surface area (Å²) in [5, 5.41) is 12.0. The Morgan fingerprint density at radius 1 is 1.24 bits per heavy atom. The van der Waals surface area contributed by atoms with Crippen LogP contribution in [0.25, 0.3) is 0 Å². The van der Waals surface area contributed by atoms with Crippen LogP contribution in [0.1, 0.15) is 36.0 Å². The molecule has 2 rings (SSSR count). The Morgan fingerprint density at radius 2 is 1.81 bits per heavy atom. The average Bonchev–Trinajstić information content (AvgIpc) is 2.96. The first-order chi connectivity index (χ1) is 9.92. The molecule has 1 aliphatic carbocycles. The minimum absolute atomic E-state index is 0.0948. The highest BCUT2D eigenvalue weighted by atomic mass is 32.2. The van der Waals surface area contributed by atoms with Gasteiger partial charge in [0.15, 0.2) is 0 Å². The topological polar surface area (TPSA) is 99.1 Å². The molecule has 1 aliphatic rings. The largest absolute Gasteiger partial charge is 0.334 e. The Morgan fingerprint density at radius 3 is 2.29 bits per heavy atom. The van der Waals surface area contributed by atoms with Crippen LogP contribution in [0.3, 0.4) is 0 Å². The predicted molar refractivity (Wildman–Crippen MR) is 77.0 cm³/mol. The number of nitrogens with one attached hydrogen (secondary N) is 2. The van der Waals surface area contributed by atoms with Gasteiger partial charge in [-0.1, -0.05) is 0 Å². The maximum absolute atomic E-state index is 12.2. The van der Waals surface area contributed by atoms with Crippen molar-refractivity contribution in [1.82, 2.24) is 10.0 Å². The summed E-state index contributed by atoms with van der Waals surface area (Å²) in [5.74, 6) is -0.355. The van der Waals surface area contributed by atoms with Crippen LogP contribution >= 0.6 is 0 Å². The van der Waals surface area contributed by atoms with Crippen LogP contribution in [-0.4, -0.2) is 26.9 Å². The molecule has 1 saturated carbocycles. The van der Waals surface area contributed by atoms with Crippen molar-refractivity contribution in [1.29, 1.82) is 5.26 Å². The van der Waals surface area contributed by atoms with Crippen LogP contribution in [-0.2, 0) is 10.0 Å². The monoisotopic (exact) mass is 307 g/mol. The van der Waals surface area contributed by atoms with Crippen LogP contribution in [0.2, 0.25) is 0 Å². The number of sulfonamides is 1. The maximum Gasteiger partial charge on any atom is 0.252 e. The lowest BCUT2D eigenvalue weighted by molar-refractivity contribution is 0.0920. The van der Waals surface area contributed by atoms with Gasteiger partial charge in [-0.3, -0.25) is 4.79 Å². The summed E-state index contributed by atoms with van der Waals surface area (Å²) in [6.07, 6.45) is 3.16. The van der Waals surface area contributed by atoms with Crippen molar-refractivity contribution in [2.24, 2.45) is 0 Å². The fraction of sp³-hybridized carbons (Fsp3) is 0.429. The molecule has 0 bridgehead atoms. The fourth-order valence-electron chi connectivity index (χ4n) is 2.44. The van der Waals surface area contributed by atoms with E-state index >= 15 is 0 Å². The molecular weight excluding hydrogens is 290 g/mol. The highest BCUT2D eigenvalue weighted by molar-refractivity contribution is 7.89. The van der Waals surface area contributed by atoms with Gasteiger partial charge in [0.1, 0.15) is 5.54 Å². The number of benzene rings is 1. The van der Waals surface area contributed by atoms with Gasteiger partial charge in [0.2, 0.25) is 10.0 Å². The van der Waals surface area contributed by atoms with E-state index in [4.69, 9.17) is 0 Å². The summed E-state index contributed by atoms with van der Waals surface area (Å²) in [7, 11) is -2.19. The SMILES string of the molecule is CNS(=O)(=O)c1ccc(C(=O)NC2(C#N)CCCC2)cc1. The van der Waals surface area contributed by atoms with Gasteiger partial charge in [-0.05, 0) is 57.0 Å². The first-order valence-corrected chi connectivity index (χ1v) is 8.18. The third-order valence-corrected chi connectivity index (χ3v) is 5.15. The summed E-state index contributed by atoms with van der Waals surface area (Å²) in [4.78, 5) is 12.3. The number of nitrogens with zero attached hydrogens (tertiary/aromatic N) is 1. The number of hydrogen-bond donors (Lipinski definition) is 2. The predicted octanol–water partition coefficient (Wildman–Crippen LogP) is 1.16. The number of carbonyl (C=O) groups excluding carboxylic acids is 1. The van der Waals surface area contributed by atoms with Crippen molar-refractivity contribution in [3.63, 3.8) is 0 Å². The van der Waals surface area contributed by atoms with Crippen LogP contribution in [0.4, 0.5) is 0 Å². The van der Waals surface area contributed by atoms with E-state index in [-0.39, 0.29) is 10.8 Å². The lowest BCUT2D eigenvalue weighted by Crippen LogP contribution is -2.45. The second-order valence-corrected chi connectivity index (χ2v) is 6.97. The van der Waals surface area contributed by atoms with E-state index in [0.29, 0.717) is 18.4 Å². The number of amides is 1. The molecule has 0 radical (unpaired) electrons. The van der Waals surface area contributed by atoms with Gasteiger partial charge >= 0.3 is 0 Å². The van der Waals surface area contributed by atoms with Crippen LogP contribution in [0, 0.1) is 11.3 Å². The molecule has 1 aromatic rings. The van der Waals surface area contributed by atoms with Crippen molar-refractivity contribution >= 4 is 15.9 Å². The number of rotatable bonds is 4. The summed E-state index contributed by atoms with van der Waals surface area (Å²) < 4.78 is 25.4. The summed E-state index contributed by atoms with van der Waals surface area (Å²) in [6.45, 7) is 0. The lowest BCUT2D eigenvalue weighted by atomic mass is 9.99. The van der Waals surface area contributed by atoms with E-state index in [1.165, 1.54) is 31.3 Å². The van der Waals surface area contributed by atoms with E-state index in [9.17, 15) is 18.5 Å². The number of hydrogen-bond acceptors (Lipinski definition) is 4. The number of nitriles is 1. The summed E-state index contributed by atoms with van der Waals surface area (Å²) >= 11 is 0. The molecule has 6 nitrogen and oxygen atoms in total. The van der Waals surface area contributed by atoms with Crippen LogP contribution < -0.4 is 10.0 Å². The van der Waals surface area contributed by atoms with Crippen molar-refractivity contribution in [3.05, 3.63) is 29.8 Å². The molecular formula is C14H17N3O3S. The van der Waals surface area contributed by atoms with Gasteiger partial charge in [0.25, 0.3) is 5.91 Å². The summed E-state index contributed by atoms with van der Waals surface area (Å²) in [6, 6.07) is 7.81. The first-order valence-electron chi connectivity index (χ1n) is 6.70. The molecule has 0 saturated heterocycles. The van der Waals surface area contributed by atoms with Gasteiger partial charge in [0.05, 0.1) is 11.0 Å². The Bertz CT molecular complexity index is 668. The van der Waals surface area contributed by atoms with E-state index < -0.39 is 15.6 Å². The van der Waals surface area contributed by atoms with E-state index in [2.05, 4.69) is 16.1 Å². The van der Waals surface area contributed by atoms with Gasteiger partial charge < -0.3 is 5.32 Å². The Kier molecular flexibility index (Phi) is 4.30. The smallest absolute Gasteiger partial charge is 0.252 e. The third kappa shape index (κ3) is 3.23. The molecule has 0 aromatic heterocycles. The molecule has 0 spiro atoms. The van der Waals surface area contributed by atoms with Crippen molar-refractivity contribution in [3.8, 4) is 6.07 Å².